The topological polar surface area (TPSA) is 88.2 Å². The molecule has 1 aromatic heterocycles. The number of anilines is 1. The van der Waals surface area contributed by atoms with Gasteiger partial charge in [0.1, 0.15) is 0 Å². The van der Waals surface area contributed by atoms with Crippen molar-refractivity contribution in [3.63, 3.8) is 0 Å². The van der Waals surface area contributed by atoms with Crippen LogP contribution in [0.2, 0.25) is 0 Å². The number of benzene rings is 1. The average Bonchev–Trinajstić information content (AvgIpc) is 3.03. The summed E-state index contributed by atoms with van der Waals surface area (Å²) in [5, 5.41) is 8.10. The van der Waals surface area contributed by atoms with Crippen molar-refractivity contribution in [2.45, 2.75) is 24.5 Å². The van der Waals surface area contributed by atoms with Gasteiger partial charge in [-0.1, -0.05) is 29.8 Å². The molecular formula is C17H21N3O3S2. The molecule has 1 saturated heterocycles. The van der Waals surface area contributed by atoms with Gasteiger partial charge in [-0.2, -0.15) is 0 Å². The van der Waals surface area contributed by atoms with Gasteiger partial charge in [-0.25, -0.2) is 13.4 Å². The smallest absolute Gasteiger partial charge is 0.247 e. The summed E-state index contributed by atoms with van der Waals surface area (Å²) in [5.74, 6) is -0.485. The number of carbonyl (C=O) groups is 1. The summed E-state index contributed by atoms with van der Waals surface area (Å²) in [6, 6.07) is 7.95. The van der Waals surface area contributed by atoms with Crippen molar-refractivity contribution in [2.75, 3.05) is 24.7 Å². The zero-order valence-corrected chi connectivity index (χ0v) is 15.8. The molecule has 0 unspecified atom stereocenters. The molecule has 0 bridgehead atoms. The number of nitrogens with one attached hydrogen (secondary N) is 2. The third-order valence-electron chi connectivity index (χ3n) is 4.61. The minimum Gasteiger partial charge on any atom is -0.317 e. The molecule has 8 heteroatoms. The predicted molar refractivity (Wildman–Crippen MR) is 101 cm³/mol. The lowest BCUT2D eigenvalue weighted by atomic mass is 9.96. The minimum absolute atomic E-state index is 0.272. The Morgan fingerprint density at radius 2 is 1.88 bits per heavy atom. The highest BCUT2D eigenvalue weighted by Gasteiger charge is 2.48. The van der Waals surface area contributed by atoms with Crippen molar-refractivity contribution in [1.82, 2.24) is 10.3 Å². The number of nitrogens with zero attached hydrogens (tertiary/aromatic N) is 1. The Bertz CT molecular complexity index is 867. The van der Waals surface area contributed by atoms with E-state index in [-0.39, 0.29) is 12.8 Å². The molecule has 25 heavy (non-hydrogen) atoms. The fourth-order valence-electron chi connectivity index (χ4n) is 3.00. The van der Waals surface area contributed by atoms with Gasteiger partial charge in [0.25, 0.3) is 0 Å². The quantitative estimate of drug-likeness (QED) is 0.850. The van der Waals surface area contributed by atoms with E-state index in [1.165, 1.54) is 11.3 Å². The van der Waals surface area contributed by atoms with Crippen LogP contribution in [0.4, 0.5) is 5.13 Å². The van der Waals surface area contributed by atoms with Crippen LogP contribution in [0.1, 0.15) is 18.4 Å². The van der Waals surface area contributed by atoms with Crippen LogP contribution in [0.5, 0.6) is 0 Å². The van der Waals surface area contributed by atoms with E-state index in [0.717, 1.165) is 23.1 Å². The number of hydrogen-bond donors (Lipinski definition) is 2. The second-order valence-corrected chi connectivity index (χ2v) is 9.56. The SMILES string of the molecule is Cc1ccc(-c2csc(NC(=O)C3(S(C)(=O)=O)CCNCC3)n2)cc1. The van der Waals surface area contributed by atoms with Crippen LogP contribution < -0.4 is 10.6 Å². The van der Waals surface area contributed by atoms with Crippen molar-refractivity contribution in [3.8, 4) is 11.3 Å². The van der Waals surface area contributed by atoms with E-state index >= 15 is 0 Å². The zero-order valence-electron chi connectivity index (χ0n) is 14.2. The molecule has 1 aliphatic heterocycles. The second kappa shape index (κ2) is 6.86. The van der Waals surface area contributed by atoms with E-state index in [1.807, 2.05) is 36.6 Å². The van der Waals surface area contributed by atoms with Crippen molar-refractivity contribution >= 4 is 32.2 Å². The van der Waals surface area contributed by atoms with Crippen LogP contribution in [0.15, 0.2) is 29.6 Å². The number of hydrogen-bond acceptors (Lipinski definition) is 6. The normalized spacial score (nSPS) is 17.2. The molecule has 0 saturated carbocycles. The summed E-state index contributed by atoms with van der Waals surface area (Å²) in [7, 11) is -3.53. The number of thiazole rings is 1. The molecule has 2 N–H and O–H groups in total. The van der Waals surface area contributed by atoms with Crippen LogP contribution in [0, 0.1) is 6.92 Å². The molecule has 0 aliphatic carbocycles. The maximum Gasteiger partial charge on any atom is 0.247 e. The van der Waals surface area contributed by atoms with Crippen LogP contribution in [0.25, 0.3) is 11.3 Å². The fourth-order valence-corrected chi connectivity index (χ4v) is 5.04. The fraction of sp³-hybridized carbons (Fsp3) is 0.412. The Morgan fingerprint density at radius 3 is 2.48 bits per heavy atom. The van der Waals surface area contributed by atoms with E-state index in [2.05, 4.69) is 15.6 Å². The molecule has 3 rings (SSSR count). The standard InChI is InChI=1S/C17H21N3O3S2/c1-12-3-5-13(6-4-12)14-11-24-16(19-14)20-15(21)17(25(2,22)23)7-9-18-10-8-17/h3-6,11,18H,7-10H2,1-2H3,(H,19,20,21). The van der Waals surface area contributed by atoms with Crippen molar-refractivity contribution in [2.24, 2.45) is 0 Å². The lowest BCUT2D eigenvalue weighted by Crippen LogP contribution is -2.55. The monoisotopic (exact) mass is 379 g/mol. The number of piperidine rings is 1. The highest BCUT2D eigenvalue weighted by atomic mass is 32.2. The van der Waals surface area contributed by atoms with Gasteiger partial charge < -0.3 is 10.6 Å². The van der Waals surface area contributed by atoms with Gasteiger partial charge in [-0.15, -0.1) is 11.3 Å². The molecular weight excluding hydrogens is 358 g/mol. The number of aromatic nitrogens is 1. The van der Waals surface area contributed by atoms with E-state index < -0.39 is 20.5 Å². The van der Waals surface area contributed by atoms with E-state index in [0.29, 0.717) is 18.2 Å². The number of amides is 1. The summed E-state index contributed by atoms with van der Waals surface area (Å²) in [6.45, 7) is 3.03. The maximum atomic E-state index is 12.8. The highest BCUT2D eigenvalue weighted by molar-refractivity contribution is 7.92. The Balaban J connectivity index is 1.82. The average molecular weight is 380 g/mol. The predicted octanol–water partition coefficient (Wildman–Crippen LogP) is 2.22. The molecule has 2 heterocycles. The van der Waals surface area contributed by atoms with E-state index in [4.69, 9.17) is 0 Å². The number of sulfone groups is 1. The largest absolute Gasteiger partial charge is 0.317 e. The first kappa shape index (κ1) is 18.0. The zero-order chi connectivity index (χ0) is 18.1. The third kappa shape index (κ3) is 3.61. The summed E-state index contributed by atoms with van der Waals surface area (Å²) in [4.78, 5) is 17.2. The molecule has 134 valence electrons. The third-order valence-corrected chi connectivity index (χ3v) is 7.38. The molecule has 0 radical (unpaired) electrons. The number of carbonyl (C=O) groups excluding carboxylic acids is 1. The van der Waals surface area contributed by atoms with Gasteiger partial charge in [0, 0.05) is 17.2 Å². The molecule has 2 aromatic rings. The summed E-state index contributed by atoms with van der Waals surface area (Å²) in [5.41, 5.74) is 2.88. The second-order valence-electron chi connectivity index (χ2n) is 6.37. The molecule has 0 spiro atoms. The summed E-state index contributed by atoms with van der Waals surface area (Å²) in [6.07, 6.45) is 1.68. The minimum atomic E-state index is -3.53. The van der Waals surface area contributed by atoms with Gasteiger partial charge >= 0.3 is 0 Å². The number of rotatable bonds is 4. The molecule has 0 atom stereocenters. The maximum absolute atomic E-state index is 12.8. The van der Waals surface area contributed by atoms with Crippen LogP contribution >= 0.6 is 11.3 Å². The first-order chi connectivity index (χ1) is 11.8. The van der Waals surface area contributed by atoms with Gasteiger partial charge in [0.15, 0.2) is 19.7 Å². The van der Waals surface area contributed by atoms with Gasteiger partial charge in [0.2, 0.25) is 5.91 Å². The van der Waals surface area contributed by atoms with Gasteiger partial charge in [-0.3, -0.25) is 4.79 Å². The highest BCUT2D eigenvalue weighted by Crippen LogP contribution is 2.31. The van der Waals surface area contributed by atoms with Gasteiger partial charge in [0.05, 0.1) is 5.69 Å². The van der Waals surface area contributed by atoms with Gasteiger partial charge in [-0.05, 0) is 32.9 Å². The van der Waals surface area contributed by atoms with Crippen molar-refractivity contribution in [3.05, 3.63) is 35.2 Å². The molecule has 1 aliphatic rings. The molecule has 1 amide bonds. The lowest BCUT2D eigenvalue weighted by Gasteiger charge is -2.33. The molecule has 1 fully saturated rings. The van der Waals surface area contributed by atoms with E-state index in [9.17, 15) is 13.2 Å². The number of aryl methyl sites for hydroxylation is 1. The first-order valence-corrected chi connectivity index (χ1v) is 10.8. The van der Waals surface area contributed by atoms with E-state index in [1.54, 1.807) is 0 Å². The van der Waals surface area contributed by atoms with Crippen molar-refractivity contribution < 1.29 is 13.2 Å². The van der Waals surface area contributed by atoms with Crippen molar-refractivity contribution in [1.29, 1.82) is 0 Å². The Labute approximate surface area is 151 Å². The Morgan fingerprint density at radius 1 is 1.24 bits per heavy atom. The summed E-state index contributed by atoms with van der Waals surface area (Å²) >= 11 is 1.30. The first-order valence-electron chi connectivity index (χ1n) is 8.06. The lowest BCUT2D eigenvalue weighted by molar-refractivity contribution is -0.119. The van der Waals surface area contributed by atoms with Crippen LogP contribution in [-0.4, -0.2) is 43.4 Å². The van der Waals surface area contributed by atoms with Crippen LogP contribution in [0.3, 0.4) is 0 Å². The van der Waals surface area contributed by atoms with Crippen LogP contribution in [-0.2, 0) is 14.6 Å². The Hall–Kier alpha value is -1.77. The molecule has 1 aromatic carbocycles. The summed E-state index contributed by atoms with van der Waals surface area (Å²) < 4.78 is 23.2. The molecule has 6 nitrogen and oxygen atoms in total. The Kier molecular flexibility index (Phi) is 4.95.